The third-order valence-corrected chi connectivity index (χ3v) is 6.07. The Kier molecular flexibility index (Phi) is 4.90. The van der Waals surface area contributed by atoms with E-state index in [1.165, 1.54) is 22.5 Å². The Labute approximate surface area is 164 Å². The molecule has 0 spiro atoms. The lowest BCUT2D eigenvalue weighted by molar-refractivity contribution is -0.123. The maximum atomic E-state index is 12.8. The molecule has 1 atom stereocenters. The quantitative estimate of drug-likeness (QED) is 0.667. The Bertz CT molecular complexity index is 1120. The molecule has 0 bridgehead atoms. The minimum Gasteiger partial charge on any atom is -0.334 e. The highest BCUT2D eigenvalue weighted by Gasteiger charge is 2.26. The fourth-order valence-corrected chi connectivity index (χ4v) is 4.47. The van der Waals surface area contributed by atoms with Crippen LogP contribution in [0.3, 0.4) is 0 Å². The molecule has 1 fully saturated rings. The Morgan fingerprint density at radius 1 is 1.25 bits per heavy atom. The monoisotopic (exact) mass is 402 g/mol. The van der Waals surface area contributed by atoms with Crippen molar-refractivity contribution in [1.29, 1.82) is 0 Å². The van der Waals surface area contributed by atoms with Gasteiger partial charge in [0.2, 0.25) is 5.91 Å². The number of aromatic nitrogens is 4. The van der Waals surface area contributed by atoms with Crippen LogP contribution in [0.15, 0.2) is 33.4 Å². The summed E-state index contributed by atoms with van der Waals surface area (Å²) in [5, 5.41) is 5.09. The molecule has 4 heterocycles. The van der Waals surface area contributed by atoms with Crippen molar-refractivity contribution in [2.24, 2.45) is 14.1 Å². The van der Waals surface area contributed by atoms with Gasteiger partial charge >= 0.3 is 5.69 Å². The Morgan fingerprint density at radius 2 is 2.00 bits per heavy atom. The summed E-state index contributed by atoms with van der Waals surface area (Å²) in [5.74, 6) is -0.208. The minimum absolute atomic E-state index is 0.0420. The van der Waals surface area contributed by atoms with Crippen molar-refractivity contribution in [2.45, 2.75) is 25.6 Å². The van der Waals surface area contributed by atoms with E-state index in [2.05, 4.69) is 15.2 Å². The zero-order chi connectivity index (χ0) is 19.8. The third-order valence-electron chi connectivity index (χ3n) is 5.15. The van der Waals surface area contributed by atoms with Crippen LogP contribution < -0.4 is 16.6 Å². The molecule has 1 aliphatic heterocycles. The van der Waals surface area contributed by atoms with Gasteiger partial charge in [-0.15, -0.1) is 11.3 Å². The molecule has 1 N–H and O–H groups in total. The molecule has 0 saturated carbocycles. The van der Waals surface area contributed by atoms with E-state index in [1.807, 2.05) is 17.5 Å². The summed E-state index contributed by atoms with van der Waals surface area (Å²) >= 11 is 1.61. The van der Waals surface area contributed by atoms with Crippen molar-refractivity contribution in [2.75, 3.05) is 13.1 Å². The second-order valence-electron chi connectivity index (χ2n) is 6.98. The maximum absolute atomic E-state index is 12.8. The maximum Gasteiger partial charge on any atom is 0.332 e. The largest absolute Gasteiger partial charge is 0.334 e. The molecule has 1 saturated heterocycles. The molecule has 0 aliphatic carbocycles. The van der Waals surface area contributed by atoms with E-state index in [9.17, 15) is 14.4 Å². The normalized spacial score (nSPS) is 15.9. The molecule has 1 unspecified atom stereocenters. The van der Waals surface area contributed by atoms with Gasteiger partial charge in [0, 0.05) is 32.1 Å². The van der Waals surface area contributed by atoms with E-state index >= 15 is 0 Å². The Hall–Kier alpha value is -2.72. The van der Waals surface area contributed by atoms with Gasteiger partial charge in [-0.05, 0) is 24.3 Å². The van der Waals surface area contributed by atoms with Crippen molar-refractivity contribution in [3.8, 4) is 0 Å². The first-order chi connectivity index (χ1) is 13.5. The summed E-state index contributed by atoms with van der Waals surface area (Å²) in [4.78, 5) is 44.9. The van der Waals surface area contributed by atoms with Crippen LogP contribution in [-0.4, -0.2) is 42.6 Å². The fraction of sp³-hybridized carbons (Fsp3) is 0.444. The van der Waals surface area contributed by atoms with Crippen LogP contribution >= 0.6 is 11.3 Å². The molecule has 3 aromatic rings. The molecule has 148 valence electrons. The summed E-state index contributed by atoms with van der Waals surface area (Å²) in [6.07, 6.45) is 3.50. The predicted molar refractivity (Wildman–Crippen MR) is 106 cm³/mol. The zero-order valence-electron chi connectivity index (χ0n) is 15.8. The van der Waals surface area contributed by atoms with Crippen LogP contribution in [0, 0.1) is 0 Å². The number of likely N-dealkylation sites (tertiary alicyclic amines) is 1. The van der Waals surface area contributed by atoms with Crippen LogP contribution in [0.25, 0.3) is 11.2 Å². The van der Waals surface area contributed by atoms with Crippen molar-refractivity contribution in [3.63, 3.8) is 0 Å². The number of rotatable bonds is 5. The van der Waals surface area contributed by atoms with E-state index in [0.717, 1.165) is 35.4 Å². The number of nitrogens with one attached hydrogen (secondary N) is 1. The van der Waals surface area contributed by atoms with E-state index in [0.29, 0.717) is 0 Å². The van der Waals surface area contributed by atoms with Crippen molar-refractivity contribution < 1.29 is 4.79 Å². The van der Waals surface area contributed by atoms with Crippen LogP contribution in [0.1, 0.15) is 23.9 Å². The van der Waals surface area contributed by atoms with E-state index in [4.69, 9.17) is 0 Å². The smallest absolute Gasteiger partial charge is 0.332 e. The van der Waals surface area contributed by atoms with Gasteiger partial charge in [-0.25, -0.2) is 9.78 Å². The van der Waals surface area contributed by atoms with Gasteiger partial charge in [0.25, 0.3) is 5.56 Å². The summed E-state index contributed by atoms with van der Waals surface area (Å²) < 4.78 is 3.84. The molecule has 4 rings (SSSR count). The van der Waals surface area contributed by atoms with Gasteiger partial charge in [0.15, 0.2) is 11.2 Å². The predicted octanol–water partition coefficient (Wildman–Crippen LogP) is 0.406. The number of aryl methyl sites for hydroxylation is 1. The van der Waals surface area contributed by atoms with Crippen molar-refractivity contribution in [3.05, 3.63) is 49.6 Å². The lowest BCUT2D eigenvalue weighted by Crippen LogP contribution is -2.41. The lowest BCUT2D eigenvalue weighted by Gasteiger charge is -2.27. The summed E-state index contributed by atoms with van der Waals surface area (Å²) in [6.45, 7) is 1.85. The first kappa shape index (κ1) is 18.6. The molecule has 28 heavy (non-hydrogen) atoms. The zero-order valence-corrected chi connectivity index (χ0v) is 16.6. The first-order valence-electron chi connectivity index (χ1n) is 9.15. The number of hydrogen-bond donors (Lipinski definition) is 1. The molecular formula is C18H22N6O3S. The molecule has 0 aromatic carbocycles. The number of carbonyl (C=O) groups excluding carboxylic acids is 1. The molecule has 9 nitrogen and oxygen atoms in total. The standard InChI is InChI=1S/C18H22N6O3S/c1-21-16-14(17(26)22(2)18(21)27)24(11-19-16)10-13(25)20-15(12-6-5-9-28-12)23-7-3-4-8-23/h5-6,9,11,15H,3-4,7-8,10H2,1-2H3,(H,20,25). The molecular weight excluding hydrogens is 380 g/mol. The number of hydrogen-bond acceptors (Lipinski definition) is 6. The van der Waals surface area contributed by atoms with E-state index in [1.54, 1.807) is 18.4 Å². The number of carbonyl (C=O) groups is 1. The highest BCUT2D eigenvalue weighted by molar-refractivity contribution is 7.10. The molecule has 0 radical (unpaired) electrons. The second kappa shape index (κ2) is 7.36. The van der Waals surface area contributed by atoms with Crippen molar-refractivity contribution >= 4 is 28.4 Å². The highest BCUT2D eigenvalue weighted by atomic mass is 32.1. The summed E-state index contributed by atoms with van der Waals surface area (Å²) in [5.41, 5.74) is -0.388. The average Bonchev–Trinajstić information content (AvgIpc) is 3.44. The van der Waals surface area contributed by atoms with Crippen LogP contribution in [0.2, 0.25) is 0 Å². The first-order valence-corrected chi connectivity index (χ1v) is 10.0. The fourth-order valence-electron chi connectivity index (χ4n) is 3.66. The topological polar surface area (TPSA) is 94.2 Å². The molecule has 3 aromatic heterocycles. The molecule has 1 aliphatic rings. The van der Waals surface area contributed by atoms with E-state index in [-0.39, 0.29) is 29.8 Å². The van der Waals surface area contributed by atoms with Gasteiger partial charge in [-0.1, -0.05) is 6.07 Å². The number of nitrogens with zero attached hydrogens (tertiary/aromatic N) is 5. The number of imidazole rings is 1. The average molecular weight is 402 g/mol. The Morgan fingerprint density at radius 3 is 2.68 bits per heavy atom. The molecule has 1 amide bonds. The van der Waals surface area contributed by atoms with Gasteiger partial charge in [-0.2, -0.15) is 0 Å². The summed E-state index contributed by atoms with van der Waals surface area (Å²) in [6, 6.07) is 3.99. The number of thiophene rings is 1. The summed E-state index contributed by atoms with van der Waals surface area (Å²) in [7, 11) is 2.98. The van der Waals surface area contributed by atoms with Gasteiger partial charge < -0.3 is 9.88 Å². The van der Waals surface area contributed by atoms with Gasteiger partial charge in [-0.3, -0.25) is 23.6 Å². The SMILES string of the molecule is Cn1c(=O)c2c(ncn2CC(=O)NC(c2cccs2)N2CCCC2)n(C)c1=O. The molecule has 10 heteroatoms. The van der Waals surface area contributed by atoms with Crippen molar-refractivity contribution in [1.82, 2.24) is 28.9 Å². The Balaban J connectivity index is 1.61. The minimum atomic E-state index is -0.460. The highest BCUT2D eigenvalue weighted by Crippen LogP contribution is 2.26. The third kappa shape index (κ3) is 3.18. The lowest BCUT2D eigenvalue weighted by atomic mass is 10.3. The number of fused-ring (bicyclic) bond motifs is 1. The van der Waals surface area contributed by atoms with Crippen LogP contribution in [0.5, 0.6) is 0 Å². The number of amides is 1. The van der Waals surface area contributed by atoms with Gasteiger partial charge in [0.1, 0.15) is 12.7 Å². The van der Waals surface area contributed by atoms with Gasteiger partial charge in [0.05, 0.1) is 6.33 Å². The van der Waals surface area contributed by atoms with Crippen LogP contribution in [-0.2, 0) is 25.4 Å². The van der Waals surface area contributed by atoms with Crippen LogP contribution in [0.4, 0.5) is 0 Å². The van der Waals surface area contributed by atoms with E-state index < -0.39 is 11.2 Å². The second-order valence-corrected chi connectivity index (χ2v) is 7.96.